The van der Waals surface area contributed by atoms with Crippen LogP contribution in [0, 0.1) is 5.92 Å². The van der Waals surface area contributed by atoms with Gasteiger partial charge in [0.15, 0.2) is 6.61 Å². The molecule has 3 amide bonds. The summed E-state index contributed by atoms with van der Waals surface area (Å²) in [4.78, 5) is 35.4. The monoisotopic (exact) mass is 348 g/mol. The number of imide groups is 1. The minimum absolute atomic E-state index is 0.0726. The number of benzene rings is 1. The van der Waals surface area contributed by atoms with Gasteiger partial charge in [-0.1, -0.05) is 19.8 Å². The molecule has 2 N–H and O–H groups in total. The van der Waals surface area contributed by atoms with Crippen LogP contribution in [0.25, 0.3) is 0 Å². The molecular formula is C18H24N2O5. The fourth-order valence-corrected chi connectivity index (χ4v) is 2.84. The summed E-state index contributed by atoms with van der Waals surface area (Å²) in [6.45, 7) is 1.57. The van der Waals surface area contributed by atoms with Crippen LogP contribution >= 0.6 is 0 Å². The molecule has 1 aromatic carbocycles. The van der Waals surface area contributed by atoms with E-state index in [2.05, 4.69) is 17.6 Å². The molecule has 0 aromatic heterocycles. The molecule has 0 bridgehead atoms. The number of hydrogen-bond donors (Lipinski definition) is 2. The Bertz CT molecular complexity index is 614. The zero-order valence-corrected chi connectivity index (χ0v) is 14.5. The largest absolute Gasteiger partial charge is 0.497 e. The van der Waals surface area contributed by atoms with Crippen LogP contribution in [0.3, 0.4) is 0 Å². The Hall–Kier alpha value is -2.57. The Balaban J connectivity index is 1.73. The van der Waals surface area contributed by atoms with E-state index in [0.717, 1.165) is 19.3 Å². The van der Waals surface area contributed by atoms with Crippen molar-refractivity contribution < 1.29 is 23.9 Å². The molecule has 136 valence electrons. The van der Waals surface area contributed by atoms with Crippen molar-refractivity contribution in [1.82, 2.24) is 10.6 Å². The van der Waals surface area contributed by atoms with Gasteiger partial charge in [0.2, 0.25) is 0 Å². The van der Waals surface area contributed by atoms with Crippen LogP contribution in [0.1, 0.15) is 43.0 Å². The molecule has 7 heteroatoms. The standard InChI is InChI=1S/C18H24N2O5/c1-12-5-3-4-6-15(12)19-18(23)20-16(21)11-25-17(22)13-7-9-14(24-2)10-8-13/h7-10,12,15H,3-6,11H2,1-2H3,(H2,19,20,21,23)/t12-,15+/m1/s1. The van der Waals surface area contributed by atoms with Crippen LogP contribution < -0.4 is 15.4 Å². The summed E-state index contributed by atoms with van der Waals surface area (Å²) in [5.41, 5.74) is 0.300. The van der Waals surface area contributed by atoms with E-state index in [1.807, 2.05) is 0 Å². The molecule has 0 aliphatic heterocycles. The first-order valence-electron chi connectivity index (χ1n) is 8.41. The Labute approximate surface area is 147 Å². The van der Waals surface area contributed by atoms with Crippen LogP contribution in [0.5, 0.6) is 5.75 Å². The summed E-state index contributed by atoms with van der Waals surface area (Å²) in [7, 11) is 1.52. The van der Waals surface area contributed by atoms with E-state index >= 15 is 0 Å². The van der Waals surface area contributed by atoms with Gasteiger partial charge in [0.1, 0.15) is 5.75 Å². The molecule has 7 nitrogen and oxygen atoms in total. The van der Waals surface area contributed by atoms with Gasteiger partial charge in [0, 0.05) is 6.04 Å². The summed E-state index contributed by atoms with van der Waals surface area (Å²) in [5, 5.41) is 4.99. The van der Waals surface area contributed by atoms with Gasteiger partial charge in [-0.15, -0.1) is 0 Å². The van der Waals surface area contributed by atoms with E-state index in [0.29, 0.717) is 17.2 Å². The summed E-state index contributed by atoms with van der Waals surface area (Å²) in [6, 6.07) is 5.84. The van der Waals surface area contributed by atoms with Crippen LogP contribution in [0.2, 0.25) is 0 Å². The van der Waals surface area contributed by atoms with Gasteiger partial charge in [-0.25, -0.2) is 9.59 Å². The minimum atomic E-state index is -0.664. The highest BCUT2D eigenvalue weighted by atomic mass is 16.5. The predicted molar refractivity (Wildman–Crippen MR) is 91.4 cm³/mol. The predicted octanol–water partition coefficient (Wildman–Crippen LogP) is 2.26. The number of rotatable bonds is 5. The maximum absolute atomic E-state index is 11.9. The third kappa shape index (κ3) is 5.77. The minimum Gasteiger partial charge on any atom is -0.497 e. The molecule has 2 rings (SSSR count). The third-order valence-corrected chi connectivity index (χ3v) is 4.34. The lowest BCUT2D eigenvalue weighted by molar-refractivity contribution is -0.123. The average Bonchev–Trinajstić information content (AvgIpc) is 2.61. The van der Waals surface area contributed by atoms with Gasteiger partial charge in [-0.3, -0.25) is 10.1 Å². The molecule has 2 atom stereocenters. The average molecular weight is 348 g/mol. The lowest BCUT2D eigenvalue weighted by Crippen LogP contribution is -2.48. The van der Waals surface area contributed by atoms with Crippen molar-refractivity contribution >= 4 is 17.9 Å². The molecule has 0 radical (unpaired) electrons. The maximum Gasteiger partial charge on any atom is 0.338 e. The lowest BCUT2D eigenvalue weighted by atomic mass is 9.86. The quantitative estimate of drug-likeness (QED) is 0.796. The Morgan fingerprint density at radius 1 is 1.12 bits per heavy atom. The van der Waals surface area contributed by atoms with Gasteiger partial charge < -0.3 is 14.8 Å². The van der Waals surface area contributed by atoms with E-state index in [1.54, 1.807) is 12.1 Å². The van der Waals surface area contributed by atoms with Crippen molar-refractivity contribution in [3.8, 4) is 5.75 Å². The zero-order chi connectivity index (χ0) is 18.2. The Kier molecular flexibility index (Phi) is 6.80. The number of nitrogens with one attached hydrogen (secondary N) is 2. The summed E-state index contributed by atoms with van der Waals surface area (Å²) in [6.07, 6.45) is 4.22. The van der Waals surface area contributed by atoms with E-state index in [4.69, 9.17) is 9.47 Å². The second-order valence-electron chi connectivity index (χ2n) is 6.19. The number of hydrogen-bond acceptors (Lipinski definition) is 5. The van der Waals surface area contributed by atoms with Gasteiger partial charge >= 0.3 is 12.0 Å². The summed E-state index contributed by atoms with van der Waals surface area (Å²) < 4.78 is 9.90. The van der Waals surface area contributed by atoms with Crippen molar-refractivity contribution in [3.05, 3.63) is 29.8 Å². The number of urea groups is 1. The van der Waals surface area contributed by atoms with Crippen LogP contribution in [-0.2, 0) is 9.53 Å². The third-order valence-electron chi connectivity index (χ3n) is 4.34. The van der Waals surface area contributed by atoms with Gasteiger partial charge in [0.05, 0.1) is 12.7 Å². The SMILES string of the molecule is COc1ccc(C(=O)OCC(=O)NC(=O)N[C@H]2CCCC[C@H]2C)cc1. The number of esters is 1. The molecule has 1 aliphatic rings. The van der Waals surface area contributed by atoms with Crippen molar-refractivity contribution in [1.29, 1.82) is 0 Å². The fourth-order valence-electron chi connectivity index (χ4n) is 2.84. The molecule has 25 heavy (non-hydrogen) atoms. The topological polar surface area (TPSA) is 93.7 Å². The lowest BCUT2D eigenvalue weighted by Gasteiger charge is -2.29. The molecular weight excluding hydrogens is 324 g/mol. The number of carbonyl (C=O) groups is 3. The van der Waals surface area contributed by atoms with Gasteiger partial charge in [0.25, 0.3) is 5.91 Å². The highest BCUT2D eigenvalue weighted by molar-refractivity contribution is 5.97. The van der Waals surface area contributed by atoms with Crippen molar-refractivity contribution in [2.75, 3.05) is 13.7 Å². The van der Waals surface area contributed by atoms with Crippen LogP contribution in [0.4, 0.5) is 4.79 Å². The van der Waals surface area contributed by atoms with E-state index < -0.39 is 24.5 Å². The zero-order valence-electron chi connectivity index (χ0n) is 14.5. The van der Waals surface area contributed by atoms with Crippen LogP contribution in [-0.4, -0.2) is 37.7 Å². The van der Waals surface area contributed by atoms with Gasteiger partial charge in [-0.2, -0.15) is 0 Å². The summed E-state index contributed by atoms with van der Waals surface area (Å²) >= 11 is 0. The molecule has 0 heterocycles. The molecule has 1 aromatic rings. The number of ether oxygens (including phenoxy) is 2. The molecule has 1 saturated carbocycles. The molecule has 0 spiro atoms. The smallest absolute Gasteiger partial charge is 0.338 e. The summed E-state index contributed by atoms with van der Waals surface area (Å²) in [5.74, 6) is -0.299. The molecule has 1 fully saturated rings. The van der Waals surface area contributed by atoms with Crippen LogP contribution in [0.15, 0.2) is 24.3 Å². The van der Waals surface area contributed by atoms with E-state index in [1.165, 1.54) is 25.7 Å². The second-order valence-corrected chi connectivity index (χ2v) is 6.19. The highest BCUT2D eigenvalue weighted by Gasteiger charge is 2.23. The van der Waals surface area contributed by atoms with Crippen molar-refractivity contribution in [2.45, 2.75) is 38.6 Å². The molecule has 1 aliphatic carbocycles. The first-order chi connectivity index (χ1) is 12.0. The molecule has 0 saturated heterocycles. The first-order valence-corrected chi connectivity index (χ1v) is 8.41. The Morgan fingerprint density at radius 3 is 2.44 bits per heavy atom. The number of carbonyl (C=O) groups excluding carboxylic acids is 3. The van der Waals surface area contributed by atoms with E-state index in [-0.39, 0.29) is 6.04 Å². The Morgan fingerprint density at radius 2 is 1.80 bits per heavy atom. The van der Waals surface area contributed by atoms with Crippen molar-refractivity contribution in [2.24, 2.45) is 5.92 Å². The van der Waals surface area contributed by atoms with E-state index in [9.17, 15) is 14.4 Å². The number of amides is 3. The van der Waals surface area contributed by atoms with Crippen molar-refractivity contribution in [3.63, 3.8) is 0 Å². The fraction of sp³-hybridized carbons (Fsp3) is 0.500. The first kappa shape index (κ1) is 18.8. The second kappa shape index (κ2) is 9.05. The van der Waals surface area contributed by atoms with Gasteiger partial charge in [-0.05, 0) is 43.0 Å². The maximum atomic E-state index is 11.9. The normalized spacial score (nSPS) is 19.6. The highest BCUT2D eigenvalue weighted by Crippen LogP contribution is 2.23. The number of methoxy groups -OCH3 is 1. The molecule has 0 unspecified atom stereocenters.